The fourth-order valence-electron chi connectivity index (χ4n) is 3.95. The fraction of sp³-hybridized carbons (Fsp3) is 0.480. The minimum atomic E-state index is -1.98. The second-order valence-corrected chi connectivity index (χ2v) is 9.38. The first kappa shape index (κ1) is 30.7. The summed E-state index contributed by atoms with van der Waals surface area (Å²) >= 11 is 0. The molecule has 1 aromatic rings. The summed E-state index contributed by atoms with van der Waals surface area (Å²) in [6.07, 6.45) is -1.88. The third-order valence-corrected chi connectivity index (χ3v) is 6.13. The van der Waals surface area contributed by atoms with Crippen LogP contribution in [0.15, 0.2) is 30.3 Å². The van der Waals surface area contributed by atoms with Crippen LogP contribution in [-0.4, -0.2) is 85.6 Å². The number of nitrogens with one attached hydrogen (secondary N) is 1. The number of amides is 5. The van der Waals surface area contributed by atoms with Crippen LogP contribution < -0.4 is 5.32 Å². The largest absolute Gasteiger partial charge is 0.481 e. The molecule has 0 spiro atoms. The third kappa shape index (κ3) is 7.75. The molecule has 14 nitrogen and oxygen atoms in total. The zero-order valence-electron chi connectivity index (χ0n) is 21.5. The number of aliphatic carboxylic acids is 3. The molecule has 4 N–H and O–H groups in total. The Bertz CT molecular complexity index is 1120. The Kier molecular flexibility index (Phi) is 10.5. The van der Waals surface area contributed by atoms with Crippen molar-refractivity contribution in [2.45, 2.75) is 64.6 Å². The average Bonchev–Trinajstić information content (AvgIpc) is 2.87. The Morgan fingerprint density at radius 2 is 1.41 bits per heavy atom. The number of rotatable bonds is 14. The molecule has 0 aromatic heterocycles. The van der Waals surface area contributed by atoms with Crippen LogP contribution in [-0.2, 0) is 35.3 Å². The number of carboxylic acids is 3. The Morgan fingerprint density at radius 3 is 1.92 bits per heavy atom. The zero-order chi connectivity index (χ0) is 29.3. The summed E-state index contributed by atoms with van der Waals surface area (Å²) in [6, 6.07) is 3.86. The van der Waals surface area contributed by atoms with E-state index < -0.39 is 72.2 Å². The minimum absolute atomic E-state index is 0.0573. The summed E-state index contributed by atoms with van der Waals surface area (Å²) in [5.41, 5.74) is -1.20. The lowest BCUT2D eigenvalue weighted by Crippen LogP contribution is -2.69. The van der Waals surface area contributed by atoms with Gasteiger partial charge in [0.05, 0.1) is 0 Å². The number of benzene rings is 1. The lowest BCUT2D eigenvalue weighted by atomic mass is 9.85. The van der Waals surface area contributed by atoms with E-state index in [4.69, 9.17) is 9.84 Å². The van der Waals surface area contributed by atoms with Gasteiger partial charge in [-0.15, -0.1) is 0 Å². The molecule has 39 heavy (non-hydrogen) atoms. The highest BCUT2D eigenvalue weighted by Gasteiger charge is 2.57. The number of hydrogen-bond acceptors (Lipinski definition) is 8. The van der Waals surface area contributed by atoms with Crippen LogP contribution in [0.4, 0.5) is 9.59 Å². The van der Waals surface area contributed by atoms with Crippen molar-refractivity contribution >= 4 is 41.8 Å². The molecule has 2 rings (SSSR count). The molecule has 0 saturated carbocycles. The van der Waals surface area contributed by atoms with Gasteiger partial charge in [0, 0.05) is 13.0 Å². The number of alkyl carbamates (subject to hydrolysis) is 1. The Morgan fingerprint density at radius 1 is 0.872 bits per heavy atom. The molecule has 1 aliphatic rings. The molecule has 1 heterocycles. The first-order valence-electron chi connectivity index (χ1n) is 12.1. The van der Waals surface area contributed by atoms with Crippen molar-refractivity contribution in [3.8, 4) is 0 Å². The molecular weight excluding hydrogens is 518 g/mol. The van der Waals surface area contributed by atoms with Gasteiger partial charge in [-0.2, -0.15) is 0 Å². The maximum Gasteiger partial charge on any atom is 0.407 e. The van der Waals surface area contributed by atoms with Gasteiger partial charge in [-0.1, -0.05) is 30.3 Å². The maximum absolute atomic E-state index is 13.2. The zero-order valence-corrected chi connectivity index (χ0v) is 21.5. The fourth-order valence-corrected chi connectivity index (χ4v) is 3.95. The Labute approximate surface area is 223 Å². The molecule has 5 amide bonds. The standard InChI is InChI=1S/C25H31N3O11/c1-25(2)21(35)27(24(38)28(22(25)36)17(20(33)34)11-12-18(29)30)16(19(31)32)10-6-7-13-26-23(37)39-14-15-8-4-3-5-9-15/h3-5,8-9,16-17H,6-7,10-14H2,1-2H3,(H,26,37)(H,29,30)(H,31,32)(H,33,34). The minimum Gasteiger partial charge on any atom is -0.481 e. The molecule has 0 radical (unpaired) electrons. The Hall–Kier alpha value is -4.49. The summed E-state index contributed by atoms with van der Waals surface area (Å²) in [7, 11) is 0. The molecule has 1 aliphatic heterocycles. The number of carbonyl (C=O) groups is 7. The van der Waals surface area contributed by atoms with Gasteiger partial charge < -0.3 is 25.4 Å². The van der Waals surface area contributed by atoms with Crippen molar-refractivity contribution in [2.24, 2.45) is 5.41 Å². The molecule has 212 valence electrons. The van der Waals surface area contributed by atoms with E-state index in [2.05, 4.69) is 5.32 Å². The van der Waals surface area contributed by atoms with E-state index in [1.807, 2.05) is 6.07 Å². The third-order valence-electron chi connectivity index (χ3n) is 6.13. The number of urea groups is 1. The summed E-state index contributed by atoms with van der Waals surface area (Å²) < 4.78 is 5.07. The second-order valence-electron chi connectivity index (χ2n) is 9.38. The predicted octanol–water partition coefficient (Wildman–Crippen LogP) is 1.67. The molecule has 0 aliphatic carbocycles. The van der Waals surface area contributed by atoms with E-state index in [0.717, 1.165) is 19.4 Å². The van der Waals surface area contributed by atoms with Gasteiger partial charge in [-0.25, -0.2) is 29.0 Å². The van der Waals surface area contributed by atoms with Gasteiger partial charge >= 0.3 is 30.0 Å². The number of nitrogens with zero attached hydrogens (tertiary/aromatic N) is 2. The van der Waals surface area contributed by atoms with Crippen molar-refractivity contribution < 1.29 is 53.6 Å². The van der Waals surface area contributed by atoms with Crippen LogP contribution in [0.2, 0.25) is 0 Å². The molecule has 2 atom stereocenters. The molecule has 2 unspecified atom stereocenters. The van der Waals surface area contributed by atoms with Crippen molar-refractivity contribution in [3.05, 3.63) is 35.9 Å². The highest BCUT2D eigenvalue weighted by Crippen LogP contribution is 2.33. The molecular formula is C25H31N3O11. The van der Waals surface area contributed by atoms with Crippen LogP contribution in [0.1, 0.15) is 51.5 Å². The SMILES string of the molecule is CC1(C)C(=O)N(C(CCCCNC(=O)OCc2ccccc2)C(=O)O)C(=O)N(C(CCC(=O)O)C(=O)O)C1=O. The smallest absolute Gasteiger partial charge is 0.407 e. The first-order valence-corrected chi connectivity index (χ1v) is 12.1. The van der Waals surface area contributed by atoms with E-state index in [1.54, 1.807) is 24.3 Å². The number of barbiturate groups is 1. The molecule has 1 fully saturated rings. The number of unbranched alkanes of at least 4 members (excludes halogenated alkanes) is 1. The van der Waals surface area contributed by atoms with Gasteiger partial charge in [-0.05, 0) is 45.1 Å². The summed E-state index contributed by atoms with van der Waals surface area (Å²) in [5.74, 6) is -6.90. The number of ether oxygens (including phenoxy) is 1. The number of hydrogen-bond donors (Lipinski definition) is 4. The Balaban J connectivity index is 2.07. The lowest BCUT2D eigenvalue weighted by Gasteiger charge is -2.44. The van der Waals surface area contributed by atoms with E-state index >= 15 is 0 Å². The second kappa shape index (κ2) is 13.3. The van der Waals surface area contributed by atoms with E-state index in [9.17, 15) is 43.8 Å². The van der Waals surface area contributed by atoms with Gasteiger partial charge in [-0.3, -0.25) is 14.4 Å². The first-order chi connectivity index (χ1) is 18.3. The van der Waals surface area contributed by atoms with Crippen molar-refractivity contribution in [1.29, 1.82) is 0 Å². The van der Waals surface area contributed by atoms with Crippen LogP contribution in [0.3, 0.4) is 0 Å². The monoisotopic (exact) mass is 549 g/mol. The van der Waals surface area contributed by atoms with Crippen LogP contribution in [0.5, 0.6) is 0 Å². The normalized spacial score (nSPS) is 16.4. The van der Waals surface area contributed by atoms with Crippen LogP contribution in [0, 0.1) is 5.41 Å². The predicted molar refractivity (Wildman–Crippen MR) is 131 cm³/mol. The van der Waals surface area contributed by atoms with Gasteiger partial charge in [0.2, 0.25) is 11.8 Å². The van der Waals surface area contributed by atoms with Gasteiger partial charge in [0.25, 0.3) is 0 Å². The molecule has 1 aromatic carbocycles. The van der Waals surface area contributed by atoms with Crippen LogP contribution in [0.25, 0.3) is 0 Å². The summed E-state index contributed by atoms with van der Waals surface area (Å²) in [6.45, 7) is 2.42. The highest BCUT2D eigenvalue weighted by atomic mass is 16.5. The molecule has 0 bridgehead atoms. The van der Waals surface area contributed by atoms with E-state index in [-0.39, 0.29) is 37.3 Å². The quantitative estimate of drug-likeness (QED) is 0.194. The summed E-state index contributed by atoms with van der Waals surface area (Å²) in [4.78, 5) is 86.5. The van der Waals surface area contributed by atoms with Crippen molar-refractivity contribution in [2.75, 3.05) is 6.54 Å². The van der Waals surface area contributed by atoms with Crippen molar-refractivity contribution in [3.63, 3.8) is 0 Å². The molecule has 1 saturated heterocycles. The van der Waals surface area contributed by atoms with E-state index in [0.29, 0.717) is 4.90 Å². The van der Waals surface area contributed by atoms with Crippen molar-refractivity contribution in [1.82, 2.24) is 15.1 Å². The lowest BCUT2D eigenvalue weighted by molar-refractivity contribution is -0.167. The summed E-state index contributed by atoms with van der Waals surface area (Å²) in [5, 5.41) is 30.8. The number of carboxylic acid groups (broad SMARTS) is 3. The topological polar surface area (TPSA) is 208 Å². The maximum atomic E-state index is 13.2. The number of carbonyl (C=O) groups excluding carboxylic acids is 4. The highest BCUT2D eigenvalue weighted by molar-refractivity contribution is 6.20. The molecule has 14 heteroatoms. The van der Waals surface area contributed by atoms with Gasteiger partial charge in [0.1, 0.15) is 24.1 Å². The average molecular weight is 550 g/mol. The van der Waals surface area contributed by atoms with E-state index in [1.165, 1.54) is 0 Å². The van der Waals surface area contributed by atoms with Gasteiger partial charge in [0.15, 0.2) is 0 Å². The van der Waals surface area contributed by atoms with Crippen LogP contribution >= 0.6 is 0 Å². The number of imide groups is 2.